The molecule has 2 heterocycles. The molecular weight excluding hydrogens is 160 g/mol. The molecule has 13 heavy (non-hydrogen) atoms. The zero-order chi connectivity index (χ0) is 9.42. The van der Waals surface area contributed by atoms with Gasteiger partial charge < -0.3 is 0 Å². The van der Waals surface area contributed by atoms with Gasteiger partial charge in [0.25, 0.3) is 0 Å². The Morgan fingerprint density at radius 1 is 1.23 bits per heavy atom. The van der Waals surface area contributed by atoms with Crippen LogP contribution in [0.3, 0.4) is 0 Å². The summed E-state index contributed by atoms with van der Waals surface area (Å²) in [6, 6.07) is 2.50. The van der Waals surface area contributed by atoms with Crippen LogP contribution in [0, 0.1) is 0 Å². The van der Waals surface area contributed by atoms with Crippen LogP contribution in [0.5, 0.6) is 0 Å². The van der Waals surface area contributed by atoms with E-state index in [4.69, 9.17) is 0 Å². The van der Waals surface area contributed by atoms with Crippen LogP contribution < -0.4 is 0 Å². The molecular formula is C11H22N2. The average Bonchev–Trinajstić information content (AvgIpc) is 2.62. The summed E-state index contributed by atoms with van der Waals surface area (Å²) in [5.41, 5.74) is 0. The monoisotopic (exact) mass is 182 g/mol. The van der Waals surface area contributed by atoms with Gasteiger partial charge >= 0.3 is 0 Å². The minimum Gasteiger partial charge on any atom is -0.298 e. The molecule has 0 aliphatic carbocycles. The van der Waals surface area contributed by atoms with Gasteiger partial charge in [-0.05, 0) is 33.2 Å². The summed E-state index contributed by atoms with van der Waals surface area (Å²) in [6.45, 7) is 10.9. The largest absolute Gasteiger partial charge is 0.298 e. The number of nitrogens with zero attached hydrogens (tertiary/aromatic N) is 2. The van der Waals surface area contributed by atoms with E-state index in [1.54, 1.807) is 0 Å². The fraction of sp³-hybridized carbons (Fsp3) is 1.00. The molecule has 0 spiro atoms. The minimum absolute atomic E-state index is 0.749. The summed E-state index contributed by atoms with van der Waals surface area (Å²) in [4.78, 5) is 5.36. The van der Waals surface area contributed by atoms with Crippen molar-refractivity contribution in [2.75, 3.05) is 19.6 Å². The van der Waals surface area contributed by atoms with Gasteiger partial charge in [0.15, 0.2) is 0 Å². The van der Waals surface area contributed by atoms with E-state index in [0.717, 1.165) is 18.1 Å². The Bertz CT molecular complexity index is 179. The van der Waals surface area contributed by atoms with E-state index >= 15 is 0 Å². The lowest BCUT2D eigenvalue weighted by molar-refractivity contribution is 0.104. The predicted octanol–water partition coefficient (Wildman–Crippen LogP) is 1.56. The van der Waals surface area contributed by atoms with Gasteiger partial charge in [0, 0.05) is 31.2 Å². The Labute approximate surface area is 81.9 Å². The summed E-state index contributed by atoms with van der Waals surface area (Å²) in [5, 5.41) is 0. The molecule has 2 nitrogen and oxygen atoms in total. The van der Waals surface area contributed by atoms with Crippen LogP contribution in [0.1, 0.15) is 33.6 Å². The normalized spacial score (nSPS) is 35.1. The van der Waals surface area contributed by atoms with Crippen LogP contribution in [0.25, 0.3) is 0 Å². The molecule has 0 radical (unpaired) electrons. The van der Waals surface area contributed by atoms with Gasteiger partial charge in [-0.1, -0.05) is 6.92 Å². The van der Waals surface area contributed by atoms with Crippen LogP contribution in [-0.4, -0.2) is 47.6 Å². The second-order valence-electron chi connectivity index (χ2n) is 4.83. The maximum absolute atomic E-state index is 2.68. The lowest BCUT2D eigenvalue weighted by Gasteiger charge is -2.36. The maximum Gasteiger partial charge on any atom is 0.0242 e. The molecule has 0 N–H and O–H groups in total. The van der Waals surface area contributed by atoms with Crippen LogP contribution in [0.4, 0.5) is 0 Å². The maximum atomic E-state index is 2.68. The van der Waals surface area contributed by atoms with E-state index in [0.29, 0.717) is 0 Å². The van der Waals surface area contributed by atoms with Crippen molar-refractivity contribution in [3.63, 3.8) is 0 Å². The Balaban J connectivity index is 1.91. The van der Waals surface area contributed by atoms with Crippen LogP contribution in [0.15, 0.2) is 0 Å². The molecule has 0 amide bonds. The molecule has 0 saturated carbocycles. The number of likely N-dealkylation sites (tertiary alicyclic amines) is 2. The fourth-order valence-corrected chi connectivity index (χ4v) is 2.97. The second kappa shape index (κ2) is 3.58. The first kappa shape index (κ1) is 9.47. The average molecular weight is 182 g/mol. The van der Waals surface area contributed by atoms with Gasteiger partial charge in [-0.3, -0.25) is 9.80 Å². The molecule has 2 atom stereocenters. The van der Waals surface area contributed by atoms with E-state index < -0.39 is 0 Å². The molecule has 2 bridgehead atoms. The summed E-state index contributed by atoms with van der Waals surface area (Å²) >= 11 is 0. The van der Waals surface area contributed by atoms with E-state index in [1.165, 1.54) is 32.5 Å². The predicted molar refractivity (Wildman–Crippen MR) is 55.9 cm³/mol. The fourth-order valence-electron chi connectivity index (χ4n) is 2.97. The summed E-state index contributed by atoms with van der Waals surface area (Å²) in [5.74, 6) is 0. The first-order chi connectivity index (χ1) is 6.22. The lowest BCUT2D eigenvalue weighted by Crippen LogP contribution is -2.48. The summed E-state index contributed by atoms with van der Waals surface area (Å²) in [6.07, 6.45) is 2.74. The smallest absolute Gasteiger partial charge is 0.0242 e. The van der Waals surface area contributed by atoms with E-state index in [1.807, 2.05) is 0 Å². The molecule has 2 aliphatic heterocycles. The van der Waals surface area contributed by atoms with Gasteiger partial charge in [-0.15, -0.1) is 0 Å². The van der Waals surface area contributed by atoms with Crippen molar-refractivity contribution in [1.82, 2.24) is 9.80 Å². The molecule has 2 rings (SSSR count). The van der Waals surface area contributed by atoms with Crippen LogP contribution >= 0.6 is 0 Å². The molecule has 76 valence electrons. The van der Waals surface area contributed by atoms with Crippen molar-refractivity contribution in [1.29, 1.82) is 0 Å². The third kappa shape index (κ3) is 1.62. The zero-order valence-corrected chi connectivity index (χ0v) is 9.16. The highest BCUT2D eigenvalue weighted by atomic mass is 15.4. The molecule has 2 fully saturated rings. The first-order valence-corrected chi connectivity index (χ1v) is 5.72. The van der Waals surface area contributed by atoms with Crippen molar-refractivity contribution in [3.05, 3.63) is 0 Å². The minimum atomic E-state index is 0.749. The van der Waals surface area contributed by atoms with Crippen LogP contribution in [0.2, 0.25) is 0 Å². The Kier molecular flexibility index (Phi) is 2.61. The third-order valence-electron chi connectivity index (χ3n) is 3.57. The Morgan fingerprint density at radius 3 is 2.46 bits per heavy atom. The quantitative estimate of drug-likeness (QED) is 0.653. The topological polar surface area (TPSA) is 6.48 Å². The standard InChI is InChI=1S/C11H22N2/c1-4-5-12-7-11-6-10(12)8-13(11)9(2)3/h9-11H,4-8H2,1-3H3. The second-order valence-corrected chi connectivity index (χ2v) is 4.83. The first-order valence-electron chi connectivity index (χ1n) is 5.72. The van der Waals surface area contributed by atoms with Gasteiger partial charge in [-0.2, -0.15) is 0 Å². The number of fused-ring (bicyclic) bond motifs is 2. The Morgan fingerprint density at radius 2 is 2.00 bits per heavy atom. The third-order valence-corrected chi connectivity index (χ3v) is 3.57. The number of piperazine rings is 1. The van der Waals surface area contributed by atoms with Crippen molar-refractivity contribution < 1.29 is 0 Å². The summed E-state index contributed by atoms with van der Waals surface area (Å²) in [7, 11) is 0. The van der Waals surface area contributed by atoms with Gasteiger partial charge in [0.1, 0.15) is 0 Å². The molecule has 2 unspecified atom stereocenters. The Hall–Kier alpha value is -0.0800. The number of hydrogen-bond acceptors (Lipinski definition) is 2. The highest BCUT2D eigenvalue weighted by Crippen LogP contribution is 2.31. The van der Waals surface area contributed by atoms with Crippen LogP contribution in [-0.2, 0) is 0 Å². The molecule has 0 aromatic carbocycles. The molecule has 2 saturated heterocycles. The zero-order valence-electron chi connectivity index (χ0n) is 9.16. The SMILES string of the molecule is CCCN1CC2CC1CN2C(C)C. The van der Waals surface area contributed by atoms with E-state index in [9.17, 15) is 0 Å². The molecule has 0 aromatic heterocycles. The lowest BCUT2D eigenvalue weighted by atomic mass is 10.2. The van der Waals surface area contributed by atoms with Crippen molar-refractivity contribution >= 4 is 0 Å². The van der Waals surface area contributed by atoms with Crippen molar-refractivity contribution in [2.24, 2.45) is 0 Å². The van der Waals surface area contributed by atoms with Gasteiger partial charge in [0.2, 0.25) is 0 Å². The number of rotatable bonds is 3. The van der Waals surface area contributed by atoms with E-state index in [-0.39, 0.29) is 0 Å². The molecule has 2 aliphatic rings. The molecule has 0 aromatic rings. The summed E-state index contributed by atoms with van der Waals surface area (Å²) < 4.78 is 0. The highest BCUT2D eigenvalue weighted by Gasteiger charge is 2.43. The van der Waals surface area contributed by atoms with Crippen molar-refractivity contribution in [2.45, 2.75) is 51.7 Å². The van der Waals surface area contributed by atoms with Gasteiger partial charge in [0.05, 0.1) is 0 Å². The van der Waals surface area contributed by atoms with Gasteiger partial charge in [-0.25, -0.2) is 0 Å². The van der Waals surface area contributed by atoms with E-state index in [2.05, 4.69) is 30.6 Å². The van der Waals surface area contributed by atoms with Crippen molar-refractivity contribution in [3.8, 4) is 0 Å². The molecule has 2 heteroatoms. The highest BCUT2D eigenvalue weighted by molar-refractivity contribution is 5.00. The number of hydrogen-bond donors (Lipinski definition) is 0.